The maximum absolute atomic E-state index is 12.8. The second-order valence-corrected chi connectivity index (χ2v) is 8.49. The van der Waals surface area contributed by atoms with Crippen molar-refractivity contribution in [2.24, 2.45) is 26.9 Å². The molecule has 13 heteroatoms. The molecule has 1 aromatic heterocycles. The molecule has 0 radical (unpaired) electrons. The molecular formula is C21H24F3N7O3. The highest BCUT2D eigenvalue weighted by Crippen LogP contribution is 2.29. The van der Waals surface area contributed by atoms with E-state index in [1.807, 2.05) is 0 Å². The Morgan fingerprint density at radius 1 is 1.21 bits per heavy atom. The van der Waals surface area contributed by atoms with Crippen molar-refractivity contribution in [3.05, 3.63) is 29.6 Å². The summed E-state index contributed by atoms with van der Waals surface area (Å²) in [4.78, 5) is 35.5. The van der Waals surface area contributed by atoms with Crippen molar-refractivity contribution in [3.63, 3.8) is 0 Å². The number of aliphatic carboxylic acids is 1. The first-order valence-electron chi connectivity index (χ1n) is 10.9. The van der Waals surface area contributed by atoms with Crippen molar-refractivity contribution >= 4 is 29.8 Å². The fraction of sp³-hybridized carbons (Fsp3) is 0.524. The van der Waals surface area contributed by atoms with Crippen LogP contribution in [-0.2, 0) is 22.3 Å². The lowest BCUT2D eigenvalue weighted by atomic mass is 9.82. The smallest absolute Gasteiger partial charge is 0.433 e. The van der Waals surface area contributed by atoms with E-state index in [4.69, 9.17) is 5.11 Å². The van der Waals surface area contributed by atoms with Gasteiger partial charge in [-0.05, 0) is 49.3 Å². The fourth-order valence-corrected chi connectivity index (χ4v) is 4.27. The summed E-state index contributed by atoms with van der Waals surface area (Å²) in [6.07, 6.45) is 0.660. The fourth-order valence-electron chi connectivity index (χ4n) is 4.27. The van der Waals surface area contributed by atoms with Gasteiger partial charge in [0.25, 0.3) is 5.91 Å². The first-order valence-corrected chi connectivity index (χ1v) is 10.9. The summed E-state index contributed by atoms with van der Waals surface area (Å²) in [5.41, 5.74) is 2.22. The molecule has 4 N–H and O–H groups in total. The first-order chi connectivity index (χ1) is 16.2. The van der Waals surface area contributed by atoms with Gasteiger partial charge in [-0.1, -0.05) is 0 Å². The van der Waals surface area contributed by atoms with Crippen molar-refractivity contribution in [2.45, 2.75) is 50.5 Å². The van der Waals surface area contributed by atoms with Crippen LogP contribution in [-0.4, -0.2) is 58.5 Å². The number of hydrazone groups is 1. The third-order valence-electron chi connectivity index (χ3n) is 6.21. The molecule has 3 aliphatic rings. The van der Waals surface area contributed by atoms with Crippen molar-refractivity contribution in [2.75, 3.05) is 6.54 Å². The molecule has 0 aromatic carbocycles. The lowest BCUT2D eigenvalue weighted by Crippen LogP contribution is -2.51. The molecule has 182 valence electrons. The van der Waals surface area contributed by atoms with Crippen LogP contribution in [0.4, 0.5) is 13.2 Å². The minimum Gasteiger partial charge on any atom is -0.481 e. The van der Waals surface area contributed by atoms with Crippen molar-refractivity contribution < 1.29 is 27.9 Å². The summed E-state index contributed by atoms with van der Waals surface area (Å²) in [5.74, 6) is -0.681. The highest BCUT2D eigenvalue weighted by atomic mass is 19.4. The van der Waals surface area contributed by atoms with Gasteiger partial charge in [0.2, 0.25) is 0 Å². The van der Waals surface area contributed by atoms with Gasteiger partial charge in [-0.25, -0.2) is 4.99 Å². The highest BCUT2D eigenvalue weighted by Gasteiger charge is 2.40. The number of amides is 1. The number of aliphatic imine (C=N–C) groups is 2. The van der Waals surface area contributed by atoms with Crippen molar-refractivity contribution in [1.29, 1.82) is 0 Å². The summed E-state index contributed by atoms with van der Waals surface area (Å²) in [7, 11) is 0. The standard InChI is InChI=1S/C21H24F3N7O3/c22-21(23,24)14-7-12(5-6-25-14)9-27-19(32)17-15-16(28-10-29-17)18(31-30-15)26-8-11-1-3-13(4-2-11)20(33)34/h5-7,10-11,13,15-16,30H,1-4,8-9H2,(H,26,31)(H,27,32)(H,33,34). The monoisotopic (exact) mass is 479 g/mol. The Morgan fingerprint density at radius 3 is 2.68 bits per heavy atom. The number of carboxylic acids is 1. The van der Waals surface area contributed by atoms with E-state index < -0.39 is 35.8 Å². The molecule has 1 aliphatic carbocycles. The normalized spacial score (nSPS) is 26.1. The molecular weight excluding hydrogens is 455 g/mol. The van der Waals surface area contributed by atoms with Crippen LogP contribution in [0.2, 0.25) is 0 Å². The molecule has 4 rings (SSSR count). The van der Waals surface area contributed by atoms with Crippen LogP contribution in [0.5, 0.6) is 0 Å². The molecule has 34 heavy (non-hydrogen) atoms. The summed E-state index contributed by atoms with van der Waals surface area (Å²) >= 11 is 0. The molecule has 1 fully saturated rings. The Hall–Kier alpha value is -3.51. The average Bonchev–Trinajstić information content (AvgIpc) is 3.24. The number of rotatable bonds is 6. The maximum atomic E-state index is 12.8. The average molecular weight is 479 g/mol. The van der Waals surface area contributed by atoms with Gasteiger partial charge >= 0.3 is 12.1 Å². The number of halogens is 3. The van der Waals surface area contributed by atoms with E-state index >= 15 is 0 Å². The zero-order chi connectivity index (χ0) is 24.3. The van der Waals surface area contributed by atoms with Gasteiger partial charge in [-0.2, -0.15) is 18.3 Å². The third-order valence-corrected chi connectivity index (χ3v) is 6.21. The molecule has 1 aromatic rings. The number of amidine groups is 1. The number of carboxylic acid groups (broad SMARTS) is 1. The quantitative estimate of drug-likeness (QED) is 0.485. The second kappa shape index (κ2) is 9.77. The number of nitrogens with zero attached hydrogens (tertiary/aromatic N) is 4. The van der Waals surface area contributed by atoms with Crippen LogP contribution in [0, 0.1) is 11.8 Å². The maximum Gasteiger partial charge on any atom is 0.433 e. The molecule has 1 saturated carbocycles. The van der Waals surface area contributed by atoms with Gasteiger partial charge in [0, 0.05) is 19.3 Å². The largest absolute Gasteiger partial charge is 0.481 e. The summed E-state index contributed by atoms with van der Waals surface area (Å²) in [6, 6.07) is 1.20. The predicted molar refractivity (Wildman–Crippen MR) is 116 cm³/mol. The first kappa shape index (κ1) is 23.6. The van der Waals surface area contributed by atoms with Gasteiger partial charge in [-0.15, -0.1) is 0 Å². The number of carbonyl (C=O) groups is 2. The summed E-state index contributed by atoms with van der Waals surface area (Å²) in [6.45, 7) is 0.497. The molecule has 2 unspecified atom stereocenters. The van der Waals surface area contributed by atoms with E-state index in [9.17, 15) is 22.8 Å². The Kier molecular flexibility index (Phi) is 6.80. The zero-order valence-electron chi connectivity index (χ0n) is 18.0. The van der Waals surface area contributed by atoms with E-state index in [0.717, 1.165) is 25.1 Å². The molecule has 2 atom stereocenters. The molecule has 1 amide bonds. The molecule has 2 aliphatic heterocycles. The second-order valence-electron chi connectivity index (χ2n) is 8.49. The lowest BCUT2D eigenvalue weighted by molar-refractivity contribution is -0.143. The van der Waals surface area contributed by atoms with Gasteiger partial charge in [0.1, 0.15) is 35.7 Å². The van der Waals surface area contributed by atoms with E-state index in [-0.39, 0.29) is 23.7 Å². The molecule has 10 nitrogen and oxygen atoms in total. The highest BCUT2D eigenvalue weighted by molar-refractivity contribution is 6.43. The number of hydrogen-bond acceptors (Lipinski definition) is 8. The van der Waals surface area contributed by atoms with Crippen LogP contribution < -0.4 is 16.1 Å². The van der Waals surface area contributed by atoms with Crippen molar-refractivity contribution in [1.82, 2.24) is 21.0 Å². The Labute approximate surface area is 192 Å². The number of alkyl halides is 3. The number of pyridine rings is 1. The number of aromatic nitrogens is 1. The van der Waals surface area contributed by atoms with E-state index in [2.05, 4.69) is 36.1 Å². The van der Waals surface area contributed by atoms with E-state index in [1.165, 1.54) is 12.4 Å². The minimum atomic E-state index is -4.57. The number of nitrogens with one attached hydrogen (secondary N) is 3. The van der Waals surface area contributed by atoms with Crippen LogP contribution in [0.1, 0.15) is 36.9 Å². The van der Waals surface area contributed by atoms with Crippen LogP contribution in [0.3, 0.4) is 0 Å². The van der Waals surface area contributed by atoms with Gasteiger partial charge in [0.05, 0.1) is 5.92 Å². The Morgan fingerprint density at radius 2 is 1.97 bits per heavy atom. The van der Waals surface area contributed by atoms with E-state index in [0.29, 0.717) is 31.1 Å². The molecule has 0 saturated heterocycles. The predicted octanol–water partition coefficient (Wildman–Crippen LogP) is 1.33. The lowest BCUT2D eigenvalue weighted by Gasteiger charge is -2.27. The molecule has 3 heterocycles. The summed E-state index contributed by atoms with van der Waals surface area (Å²) < 4.78 is 38.5. The SMILES string of the molecule is O=C(NCc1ccnc(C(F)(F)F)c1)C1=NC=NC2C(NCC3CCC(C(=O)O)CC3)=NNC12. The zero-order valence-corrected chi connectivity index (χ0v) is 18.0. The van der Waals surface area contributed by atoms with Gasteiger partial charge in [-0.3, -0.25) is 25.0 Å². The van der Waals surface area contributed by atoms with E-state index in [1.54, 1.807) is 0 Å². The van der Waals surface area contributed by atoms with Crippen molar-refractivity contribution in [3.8, 4) is 0 Å². The molecule has 0 bridgehead atoms. The topological polar surface area (TPSA) is 140 Å². The minimum absolute atomic E-state index is 0.122. The number of carbonyl (C=O) groups excluding carboxylic acids is 1. The molecule has 0 spiro atoms. The number of fused-ring (bicyclic) bond motifs is 1. The Balaban J connectivity index is 1.29. The van der Waals surface area contributed by atoms with Crippen LogP contribution in [0.25, 0.3) is 0 Å². The number of hydrogen-bond donors (Lipinski definition) is 4. The van der Waals surface area contributed by atoms with Gasteiger partial charge in [0.15, 0.2) is 0 Å². The summed E-state index contributed by atoms with van der Waals surface area (Å²) in [5, 5.41) is 19.2. The van der Waals surface area contributed by atoms with Crippen LogP contribution in [0.15, 0.2) is 33.4 Å². The van der Waals surface area contributed by atoms with Crippen LogP contribution >= 0.6 is 0 Å². The Bertz CT molecular complexity index is 1030. The third kappa shape index (κ3) is 5.34. The van der Waals surface area contributed by atoms with Gasteiger partial charge < -0.3 is 15.7 Å².